The first-order chi connectivity index (χ1) is 13.2. The lowest BCUT2D eigenvalue weighted by Crippen LogP contribution is -2.19. The van der Waals surface area contributed by atoms with E-state index in [0.29, 0.717) is 17.5 Å². The van der Waals surface area contributed by atoms with Crippen LogP contribution in [-0.2, 0) is 4.79 Å². The van der Waals surface area contributed by atoms with E-state index in [0.717, 1.165) is 10.7 Å². The Morgan fingerprint density at radius 3 is 2.78 bits per heavy atom. The summed E-state index contributed by atoms with van der Waals surface area (Å²) in [6, 6.07) is 17.7. The maximum Gasteiger partial charge on any atom is 0.242 e. The van der Waals surface area contributed by atoms with Gasteiger partial charge in [0, 0.05) is 30.2 Å². The highest BCUT2D eigenvalue weighted by atomic mass is 32.2. The Hall–Kier alpha value is -2.73. The maximum atomic E-state index is 13.1. The maximum absolute atomic E-state index is 13.1. The standard InChI is InChI=1S/C21H21N3O2S/c1-26-18-9-5-8-16(14-18)23-20(25)19(15-6-3-2-4-7-15)27-21-22-12-13-24(21)17-10-11-17/h2-9,12-14,17,19H,10-11H2,1H3,(H,23,25). The molecule has 0 radical (unpaired) electrons. The summed E-state index contributed by atoms with van der Waals surface area (Å²) in [6.45, 7) is 0. The summed E-state index contributed by atoms with van der Waals surface area (Å²) in [6.07, 6.45) is 6.16. The molecule has 1 aliphatic rings. The molecule has 1 amide bonds. The number of hydrogen-bond acceptors (Lipinski definition) is 4. The number of imidazole rings is 1. The molecule has 0 bridgehead atoms. The van der Waals surface area contributed by atoms with Crippen LogP contribution in [0.3, 0.4) is 0 Å². The van der Waals surface area contributed by atoms with Crippen LogP contribution < -0.4 is 10.1 Å². The smallest absolute Gasteiger partial charge is 0.242 e. The van der Waals surface area contributed by atoms with Crippen LogP contribution in [0.5, 0.6) is 5.75 Å². The van der Waals surface area contributed by atoms with Crippen molar-refractivity contribution in [1.29, 1.82) is 0 Å². The zero-order valence-corrected chi connectivity index (χ0v) is 15.9. The number of nitrogens with one attached hydrogen (secondary N) is 1. The highest BCUT2D eigenvalue weighted by Crippen LogP contribution is 2.41. The first kappa shape index (κ1) is 17.7. The molecule has 1 heterocycles. The van der Waals surface area contributed by atoms with Crippen LogP contribution in [-0.4, -0.2) is 22.6 Å². The second-order valence-electron chi connectivity index (χ2n) is 6.48. The Bertz CT molecular complexity index is 922. The summed E-state index contributed by atoms with van der Waals surface area (Å²) in [5.41, 5.74) is 1.67. The van der Waals surface area contributed by atoms with Crippen LogP contribution >= 0.6 is 11.8 Å². The van der Waals surface area contributed by atoms with Crippen molar-refractivity contribution in [2.75, 3.05) is 12.4 Å². The average Bonchev–Trinajstić information content (AvgIpc) is 3.45. The fourth-order valence-corrected chi connectivity index (χ4v) is 4.06. The molecule has 4 rings (SSSR count). The molecule has 27 heavy (non-hydrogen) atoms. The average molecular weight is 379 g/mol. The normalized spacial score (nSPS) is 14.6. The zero-order valence-electron chi connectivity index (χ0n) is 15.0. The van der Waals surface area contributed by atoms with Crippen LogP contribution in [0, 0.1) is 0 Å². The SMILES string of the molecule is COc1cccc(NC(=O)C(Sc2nccn2C2CC2)c2ccccc2)c1. The predicted octanol–water partition coefficient (Wildman–Crippen LogP) is 4.70. The number of nitrogens with zero attached hydrogens (tertiary/aromatic N) is 2. The van der Waals surface area contributed by atoms with Gasteiger partial charge in [0.25, 0.3) is 0 Å². The molecule has 0 saturated heterocycles. The Balaban J connectivity index is 1.59. The largest absolute Gasteiger partial charge is 0.497 e. The van der Waals surface area contributed by atoms with Gasteiger partial charge in [0.1, 0.15) is 11.0 Å². The van der Waals surface area contributed by atoms with Gasteiger partial charge < -0.3 is 14.6 Å². The predicted molar refractivity (Wildman–Crippen MR) is 107 cm³/mol. The molecular weight excluding hydrogens is 358 g/mol. The van der Waals surface area contributed by atoms with E-state index in [4.69, 9.17) is 4.74 Å². The fraction of sp³-hybridized carbons (Fsp3) is 0.238. The highest BCUT2D eigenvalue weighted by Gasteiger charge is 2.29. The van der Waals surface area contributed by atoms with E-state index in [1.54, 1.807) is 7.11 Å². The fourth-order valence-electron chi connectivity index (χ4n) is 2.94. The summed E-state index contributed by atoms with van der Waals surface area (Å²) < 4.78 is 7.43. The van der Waals surface area contributed by atoms with Gasteiger partial charge in [-0.25, -0.2) is 4.98 Å². The van der Waals surface area contributed by atoms with Crippen LogP contribution in [0.4, 0.5) is 5.69 Å². The number of benzene rings is 2. The number of thioether (sulfide) groups is 1. The minimum absolute atomic E-state index is 0.0789. The number of carbonyl (C=O) groups excluding carboxylic acids is 1. The van der Waals surface area contributed by atoms with Gasteiger partial charge in [0.2, 0.25) is 5.91 Å². The molecule has 1 aromatic heterocycles. The molecule has 1 saturated carbocycles. The van der Waals surface area contributed by atoms with Crippen molar-refractivity contribution in [3.63, 3.8) is 0 Å². The van der Waals surface area contributed by atoms with Crippen LogP contribution in [0.25, 0.3) is 0 Å². The number of anilines is 1. The second kappa shape index (κ2) is 7.88. The van der Waals surface area contributed by atoms with Gasteiger partial charge in [-0.15, -0.1) is 0 Å². The molecule has 3 aromatic rings. The summed E-state index contributed by atoms with van der Waals surface area (Å²) in [4.78, 5) is 17.6. The molecule has 138 valence electrons. The molecule has 1 atom stereocenters. The highest BCUT2D eigenvalue weighted by molar-refractivity contribution is 8.00. The van der Waals surface area contributed by atoms with Crippen LogP contribution in [0.15, 0.2) is 72.1 Å². The van der Waals surface area contributed by atoms with Crippen molar-refractivity contribution in [2.24, 2.45) is 0 Å². The second-order valence-corrected chi connectivity index (χ2v) is 7.55. The van der Waals surface area contributed by atoms with Crippen molar-refractivity contribution in [1.82, 2.24) is 9.55 Å². The first-order valence-electron chi connectivity index (χ1n) is 8.94. The lowest BCUT2D eigenvalue weighted by molar-refractivity contribution is -0.115. The lowest BCUT2D eigenvalue weighted by Gasteiger charge is -2.17. The third-order valence-electron chi connectivity index (χ3n) is 4.47. The number of hydrogen-bond donors (Lipinski definition) is 1. The summed E-state index contributed by atoms with van der Waals surface area (Å²) in [5.74, 6) is 0.630. The number of methoxy groups -OCH3 is 1. The van der Waals surface area contributed by atoms with Gasteiger partial charge in [-0.05, 0) is 30.5 Å². The summed E-state index contributed by atoms with van der Waals surface area (Å²) in [5, 5.41) is 3.51. The van der Waals surface area contributed by atoms with E-state index in [2.05, 4.69) is 14.9 Å². The monoisotopic (exact) mass is 379 g/mol. The molecule has 1 N–H and O–H groups in total. The number of aromatic nitrogens is 2. The third-order valence-corrected chi connectivity index (χ3v) is 5.72. The number of amides is 1. The minimum Gasteiger partial charge on any atom is -0.497 e. The molecule has 1 aliphatic carbocycles. The zero-order chi connectivity index (χ0) is 18.6. The topological polar surface area (TPSA) is 56.1 Å². The quantitative estimate of drug-likeness (QED) is 0.605. The van der Waals surface area contributed by atoms with E-state index in [1.165, 1.54) is 24.6 Å². The lowest BCUT2D eigenvalue weighted by atomic mass is 10.1. The number of carbonyl (C=O) groups is 1. The van der Waals surface area contributed by atoms with Gasteiger partial charge >= 0.3 is 0 Å². The Morgan fingerprint density at radius 1 is 1.22 bits per heavy atom. The molecule has 2 aromatic carbocycles. The van der Waals surface area contributed by atoms with Gasteiger partial charge in [0.05, 0.1) is 7.11 Å². The van der Waals surface area contributed by atoms with Crippen LogP contribution in [0.1, 0.15) is 29.7 Å². The summed E-state index contributed by atoms with van der Waals surface area (Å²) >= 11 is 1.49. The van der Waals surface area contributed by atoms with Crippen molar-refractivity contribution >= 4 is 23.4 Å². The van der Waals surface area contributed by atoms with E-state index in [1.807, 2.05) is 67.0 Å². The Labute approximate surface area is 162 Å². The minimum atomic E-state index is -0.391. The Morgan fingerprint density at radius 2 is 2.04 bits per heavy atom. The number of rotatable bonds is 7. The Kier molecular flexibility index (Phi) is 5.16. The third kappa shape index (κ3) is 4.17. The molecule has 5 nitrogen and oxygen atoms in total. The van der Waals surface area contributed by atoms with Crippen molar-refractivity contribution < 1.29 is 9.53 Å². The molecule has 1 fully saturated rings. The van der Waals surface area contributed by atoms with Gasteiger partial charge in [-0.1, -0.05) is 48.2 Å². The molecule has 6 heteroatoms. The van der Waals surface area contributed by atoms with E-state index >= 15 is 0 Å². The molecule has 1 unspecified atom stereocenters. The van der Waals surface area contributed by atoms with Gasteiger partial charge in [-0.3, -0.25) is 4.79 Å². The van der Waals surface area contributed by atoms with Crippen LogP contribution in [0.2, 0.25) is 0 Å². The van der Waals surface area contributed by atoms with E-state index in [-0.39, 0.29) is 5.91 Å². The summed E-state index contributed by atoms with van der Waals surface area (Å²) in [7, 11) is 1.61. The van der Waals surface area contributed by atoms with E-state index in [9.17, 15) is 4.79 Å². The van der Waals surface area contributed by atoms with Gasteiger partial charge in [0.15, 0.2) is 5.16 Å². The number of ether oxygens (including phenoxy) is 1. The van der Waals surface area contributed by atoms with E-state index < -0.39 is 5.25 Å². The van der Waals surface area contributed by atoms with Crippen molar-refractivity contribution in [2.45, 2.75) is 29.3 Å². The molecular formula is C21H21N3O2S. The van der Waals surface area contributed by atoms with Crippen molar-refractivity contribution in [3.05, 3.63) is 72.6 Å². The van der Waals surface area contributed by atoms with Crippen molar-refractivity contribution in [3.8, 4) is 5.75 Å². The molecule has 0 spiro atoms. The van der Waals surface area contributed by atoms with Gasteiger partial charge in [-0.2, -0.15) is 0 Å². The first-order valence-corrected chi connectivity index (χ1v) is 9.82. The molecule has 0 aliphatic heterocycles.